The van der Waals surface area contributed by atoms with E-state index in [0.717, 1.165) is 24.4 Å². The Balaban J connectivity index is 1.91. The number of nitrogens with one attached hydrogen (secondary N) is 2. The zero-order valence-corrected chi connectivity index (χ0v) is 11.6. The molecule has 2 N–H and O–H groups in total. The summed E-state index contributed by atoms with van der Waals surface area (Å²) in [5.74, 6) is 0.979. The lowest BCUT2D eigenvalue weighted by Crippen LogP contribution is -2.22. The Labute approximate surface area is 117 Å². The molecule has 0 spiro atoms. The fourth-order valence-corrected chi connectivity index (χ4v) is 2.28. The molecule has 96 valence electrons. The van der Waals surface area contributed by atoms with Crippen LogP contribution >= 0.6 is 23.2 Å². The van der Waals surface area contributed by atoms with Crippen LogP contribution in [0.5, 0.6) is 0 Å². The molecule has 1 aromatic heterocycles. The van der Waals surface area contributed by atoms with Crippen LogP contribution in [0.25, 0.3) is 0 Å². The van der Waals surface area contributed by atoms with Crippen molar-refractivity contribution in [3.8, 4) is 0 Å². The molecule has 2 rings (SSSR count). The maximum Gasteiger partial charge on any atom is 0.107 e. The Morgan fingerprint density at radius 1 is 1.39 bits per heavy atom. The smallest absolute Gasteiger partial charge is 0.107 e. The fourth-order valence-electron chi connectivity index (χ4n) is 1.81. The molecular formula is C13H15Cl2N3. The van der Waals surface area contributed by atoms with Crippen molar-refractivity contribution < 1.29 is 0 Å². The average Bonchev–Trinajstić information content (AvgIpc) is 2.85. The van der Waals surface area contributed by atoms with E-state index in [0.29, 0.717) is 10.0 Å². The van der Waals surface area contributed by atoms with E-state index in [4.69, 9.17) is 23.2 Å². The maximum atomic E-state index is 6.18. The topological polar surface area (TPSA) is 40.7 Å². The molecule has 0 aliphatic carbocycles. The first-order chi connectivity index (χ1) is 8.68. The maximum absolute atomic E-state index is 6.18. The molecule has 1 atom stereocenters. The monoisotopic (exact) mass is 283 g/mol. The Kier molecular flexibility index (Phi) is 4.64. The minimum Gasteiger partial charge on any atom is -0.349 e. The summed E-state index contributed by atoms with van der Waals surface area (Å²) in [5, 5.41) is 4.62. The van der Waals surface area contributed by atoms with E-state index in [-0.39, 0.29) is 6.04 Å². The molecule has 0 radical (unpaired) electrons. The highest BCUT2D eigenvalue weighted by molar-refractivity contribution is 6.42. The lowest BCUT2D eigenvalue weighted by molar-refractivity contribution is 0.571. The summed E-state index contributed by atoms with van der Waals surface area (Å²) < 4.78 is 0. The van der Waals surface area contributed by atoms with E-state index in [1.165, 1.54) is 0 Å². The third-order valence-corrected chi connectivity index (χ3v) is 3.65. The number of hydrogen-bond acceptors (Lipinski definition) is 2. The van der Waals surface area contributed by atoms with E-state index in [2.05, 4.69) is 22.2 Å². The van der Waals surface area contributed by atoms with Crippen molar-refractivity contribution in [2.75, 3.05) is 6.54 Å². The summed E-state index contributed by atoms with van der Waals surface area (Å²) >= 11 is 12.2. The highest BCUT2D eigenvalue weighted by Gasteiger charge is 2.11. The number of imidazole rings is 1. The van der Waals surface area contributed by atoms with Gasteiger partial charge in [0.2, 0.25) is 0 Å². The molecule has 0 saturated carbocycles. The molecule has 0 bridgehead atoms. The van der Waals surface area contributed by atoms with Crippen molar-refractivity contribution in [2.45, 2.75) is 19.4 Å². The Morgan fingerprint density at radius 3 is 2.94 bits per heavy atom. The SMILES string of the molecule is CC(NCCc1ncc[nH]1)c1cccc(Cl)c1Cl. The molecule has 1 heterocycles. The van der Waals surface area contributed by atoms with Crippen molar-refractivity contribution in [3.63, 3.8) is 0 Å². The molecule has 0 aliphatic heterocycles. The van der Waals surface area contributed by atoms with Crippen LogP contribution in [0.3, 0.4) is 0 Å². The first-order valence-electron chi connectivity index (χ1n) is 5.84. The van der Waals surface area contributed by atoms with Gasteiger partial charge >= 0.3 is 0 Å². The summed E-state index contributed by atoms with van der Waals surface area (Å²) in [7, 11) is 0. The van der Waals surface area contributed by atoms with Crippen LogP contribution in [-0.4, -0.2) is 16.5 Å². The van der Waals surface area contributed by atoms with Crippen LogP contribution < -0.4 is 5.32 Å². The lowest BCUT2D eigenvalue weighted by atomic mass is 10.1. The van der Waals surface area contributed by atoms with E-state index < -0.39 is 0 Å². The number of aromatic nitrogens is 2. The summed E-state index contributed by atoms with van der Waals surface area (Å²) in [6, 6.07) is 5.85. The van der Waals surface area contributed by atoms with Crippen molar-refractivity contribution in [1.82, 2.24) is 15.3 Å². The minimum absolute atomic E-state index is 0.158. The number of benzene rings is 1. The highest BCUT2D eigenvalue weighted by Crippen LogP contribution is 2.29. The predicted molar refractivity (Wildman–Crippen MR) is 75.2 cm³/mol. The Morgan fingerprint density at radius 2 is 2.22 bits per heavy atom. The number of rotatable bonds is 5. The molecule has 5 heteroatoms. The van der Waals surface area contributed by atoms with Crippen LogP contribution in [0, 0.1) is 0 Å². The van der Waals surface area contributed by atoms with Crippen molar-refractivity contribution >= 4 is 23.2 Å². The van der Waals surface area contributed by atoms with Gasteiger partial charge < -0.3 is 10.3 Å². The number of halogens is 2. The normalized spacial score (nSPS) is 12.6. The molecule has 18 heavy (non-hydrogen) atoms. The van der Waals surface area contributed by atoms with E-state index in [9.17, 15) is 0 Å². The molecule has 2 aromatic rings. The summed E-state index contributed by atoms with van der Waals surface area (Å²) in [6.07, 6.45) is 4.44. The average molecular weight is 284 g/mol. The Bertz CT molecular complexity index is 497. The molecule has 3 nitrogen and oxygen atoms in total. The van der Waals surface area contributed by atoms with Gasteiger partial charge in [-0.15, -0.1) is 0 Å². The van der Waals surface area contributed by atoms with Gasteiger partial charge in [-0.3, -0.25) is 0 Å². The van der Waals surface area contributed by atoms with Gasteiger partial charge in [0.1, 0.15) is 5.82 Å². The zero-order valence-electron chi connectivity index (χ0n) is 10.1. The van der Waals surface area contributed by atoms with Gasteiger partial charge in [-0.05, 0) is 18.6 Å². The summed E-state index contributed by atoms with van der Waals surface area (Å²) in [5.41, 5.74) is 1.02. The standard InChI is InChI=1S/C13H15Cl2N3/c1-9(10-3-2-4-11(14)13(10)15)16-6-5-12-17-7-8-18-12/h2-4,7-9,16H,5-6H2,1H3,(H,17,18). The van der Waals surface area contributed by atoms with E-state index >= 15 is 0 Å². The molecular weight excluding hydrogens is 269 g/mol. The van der Waals surface area contributed by atoms with Gasteiger partial charge in [0.25, 0.3) is 0 Å². The predicted octanol–water partition coefficient (Wildman–Crippen LogP) is 3.61. The molecule has 0 amide bonds. The molecule has 1 unspecified atom stereocenters. The van der Waals surface area contributed by atoms with Crippen LogP contribution in [0.2, 0.25) is 10.0 Å². The van der Waals surface area contributed by atoms with Crippen molar-refractivity contribution in [2.24, 2.45) is 0 Å². The summed E-state index contributed by atoms with van der Waals surface area (Å²) in [6.45, 7) is 2.90. The molecule has 0 saturated heterocycles. The van der Waals surface area contributed by atoms with Crippen LogP contribution in [0.4, 0.5) is 0 Å². The first kappa shape index (κ1) is 13.4. The highest BCUT2D eigenvalue weighted by atomic mass is 35.5. The zero-order chi connectivity index (χ0) is 13.0. The number of nitrogens with zero attached hydrogens (tertiary/aromatic N) is 1. The van der Waals surface area contributed by atoms with Gasteiger partial charge in [0.15, 0.2) is 0 Å². The lowest BCUT2D eigenvalue weighted by Gasteiger charge is -2.15. The molecule has 1 aromatic carbocycles. The van der Waals surface area contributed by atoms with Gasteiger partial charge in [-0.1, -0.05) is 35.3 Å². The molecule has 0 fully saturated rings. The van der Waals surface area contributed by atoms with Crippen molar-refractivity contribution in [1.29, 1.82) is 0 Å². The summed E-state index contributed by atoms with van der Waals surface area (Å²) in [4.78, 5) is 7.25. The van der Waals surface area contributed by atoms with E-state index in [1.54, 1.807) is 12.3 Å². The second-order valence-corrected chi connectivity index (χ2v) is 4.89. The van der Waals surface area contributed by atoms with Crippen LogP contribution in [0.15, 0.2) is 30.6 Å². The third-order valence-electron chi connectivity index (χ3n) is 2.82. The van der Waals surface area contributed by atoms with Crippen LogP contribution in [-0.2, 0) is 6.42 Å². The quantitative estimate of drug-likeness (QED) is 0.880. The first-order valence-corrected chi connectivity index (χ1v) is 6.59. The van der Waals surface area contributed by atoms with Gasteiger partial charge in [-0.2, -0.15) is 0 Å². The number of H-pyrrole nitrogens is 1. The van der Waals surface area contributed by atoms with Gasteiger partial charge in [-0.25, -0.2) is 4.98 Å². The largest absolute Gasteiger partial charge is 0.349 e. The van der Waals surface area contributed by atoms with Gasteiger partial charge in [0, 0.05) is 31.4 Å². The minimum atomic E-state index is 0.158. The number of aromatic amines is 1. The second kappa shape index (κ2) is 6.23. The van der Waals surface area contributed by atoms with Crippen LogP contribution in [0.1, 0.15) is 24.4 Å². The Hall–Kier alpha value is -1.03. The molecule has 0 aliphatic rings. The van der Waals surface area contributed by atoms with Gasteiger partial charge in [0.05, 0.1) is 10.0 Å². The van der Waals surface area contributed by atoms with Crippen molar-refractivity contribution in [3.05, 3.63) is 52.0 Å². The number of hydrogen-bond donors (Lipinski definition) is 2. The van der Waals surface area contributed by atoms with E-state index in [1.807, 2.05) is 18.3 Å². The fraction of sp³-hybridized carbons (Fsp3) is 0.308. The third kappa shape index (κ3) is 3.25. The second-order valence-electron chi connectivity index (χ2n) is 4.10.